The Bertz CT molecular complexity index is 355. The van der Waals surface area contributed by atoms with Crippen LogP contribution in [-0.2, 0) is 4.74 Å². The maximum atomic E-state index is 6.05. The van der Waals surface area contributed by atoms with Crippen LogP contribution >= 0.6 is 11.6 Å². The first-order valence-corrected chi connectivity index (χ1v) is 6.29. The van der Waals surface area contributed by atoms with Crippen LogP contribution in [0.5, 0.6) is 0 Å². The lowest BCUT2D eigenvalue weighted by atomic mass is 10.2. The van der Waals surface area contributed by atoms with E-state index in [4.69, 9.17) is 16.3 Å². The molecule has 1 aromatic rings. The van der Waals surface area contributed by atoms with Crippen LogP contribution in [0.15, 0.2) is 18.5 Å². The fourth-order valence-corrected chi connectivity index (χ4v) is 2.15. The van der Waals surface area contributed by atoms with Gasteiger partial charge in [-0.15, -0.1) is 0 Å². The molecule has 1 aromatic heterocycles. The normalized spacial score (nSPS) is 18.9. The molecule has 0 bridgehead atoms. The quantitative estimate of drug-likeness (QED) is 0.891. The van der Waals surface area contributed by atoms with E-state index in [-0.39, 0.29) is 0 Å². The highest BCUT2D eigenvalue weighted by Gasteiger charge is 2.14. The Morgan fingerprint density at radius 2 is 2.29 bits per heavy atom. The number of ether oxygens (including phenoxy) is 1. The molecule has 1 fully saturated rings. The highest BCUT2D eigenvalue weighted by atomic mass is 35.5. The summed E-state index contributed by atoms with van der Waals surface area (Å²) >= 11 is 6.05. The van der Waals surface area contributed by atoms with Crippen molar-refractivity contribution >= 4 is 17.3 Å². The molecule has 1 saturated heterocycles. The van der Waals surface area contributed by atoms with Crippen LogP contribution in [0, 0.1) is 0 Å². The van der Waals surface area contributed by atoms with Crippen LogP contribution in [0.25, 0.3) is 0 Å². The van der Waals surface area contributed by atoms with Crippen molar-refractivity contribution in [2.75, 3.05) is 38.2 Å². The van der Waals surface area contributed by atoms with Gasteiger partial charge in [0, 0.05) is 38.1 Å². The highest BCUT2D eigenvalue weighted by molar-refractivity contribution is 6.33. The van der Waals surface area contributed by atoms with Crippen LogP contribution in [0.1, 0.15) is 6.92 Å². The summed E-state index contributed by atoms with van der Waals surface area (Å²) in [6.45, 7) is 6.85. The van der Waals surface area contributed by atoms with Crippen molar-refractivity contribution in [2.24, 2.45) is 0 Å². The molecule has 5 heteroatoms. The molecular weight excluding hydrogens is 238 g/mol. The largest absolute Gasteiger partial charge is 0.380 e. The molecule has 0 aliphatic carbocycles. The molecule has 0 aromatic carbocycles. The Morgan fingerprint density at radius 3 is 3.00 bits per heavy atom. The Hall–Kier alpha value is -0.840. The van der Waals surface area contributed by atoms with E-state index in [1.807, 2.05) is 6.07 Å². The van der Waals surface area contributed by atoms with E-state index in [2.05, 4.69) is 22.1 Å². The van der Waals surface area contributed by atoms with E-state index in [0.717, 1.165) is 38.5 Å². The zero-order valence-corrected chi connectivity index (χ0v) is 10.8. The van der Waals surface area contributed by atoms with Crippen molar-refractivity contribution < 1.29 is 4.74 Å². The van der Waals surface area contributed by atoms with Crippen LogP contribution < -0.4 is 5.32 Å². The number of aromatic nitrogens is 1. The van der Waals surface area contributed by atoms with Gasteiger partial charge in [0.2, 0.25) is 0 Å². The summed E-state index contributed by atoms with van der Waals surface area (Å²) in [5.41, 5.74) is 0.947. The summed E-state index contributed by atoms with van der Waals surface area (Å²) in [5.74, 6) is 0. The summed E-state index contributed by atoms with van der Waals surface area (Å²) in [6.07, 6.45) is 3.40. The predicted octanol–water partition coefficient (Wildman–Crippen LogP) is 1.87. The van der Waals surface area contributed by atoms with Crippen molar-refractivity contribution in [3.05, 3.63) is 23.5 Å². The van der Waals surface area contributed by atoms with E-state index < -0.39 is 0 Å². The van der Waals surface area contributed by atoms with Crippen LogP contribution in [0.3, 0.4) is 0 Å². The molecule has 1 N–H and O–H groups in total. The summed E-state index contributed by atoms with van der Waals surface area (Å²) in [4.78, 5) is 6.37. The Kier molecular flexibility index (Phi) is 4.59. The second kappa shape index (κ2) is 6.19. The third-order valence-corrected chi connectivity index (χ3v) is 3.11. The molecule has 94 valence electrons. The number of anilines is 1. The second-order valence-electron chi connectivity index (χ2n) is 4.31. The molecule has 1 atom stereocenters. The monoisotopic (exact) mass is 255 g/mol. The fourth-order valence-electron chi connectivity index (χ4n) is 1.97. The Morgan fingerprint density at radius 1 is 1.53 bits per heavy atom. The third-order valence-electron chi connectivity index (χ3n) is 2.81. The number of hydrogen-bond donors (Lipinski definition) is 1. The van der Waals surface area contributed by atoms with E-state index in [1.165, 1.54) is 0 Å². The van der Waals surface area contributed by atoms with Crippen LogP contribution in [-0.4, -0.2) is 48.8 Å². The topological polar surface area (TPSA) is 37.4 Å². The van der Waals surface area contributed by atoms with Gasteiger partial charge in [-0.25, -0.2) is 0 Å². The lowest BCUT2D eigenvalue weighted by Crippen LogP contribution is -2.42. The van der Waals surface area contributed by atoms with Crippen LogP contribution in [0.4, 0.5) is 5.69 Å². The first-order valence-electron chi connectivity index (χ1n) is 5.92. The highest BCUT2D eigenvalue weighted by Crippen LogP contribution is 2.20. The molecular formula is C12H18ClN3O. The molecule has 2 heterocycles. The lowest BCUT2D eigenvalue weighted by molar-refractivity contribution is 0.0368. The van der Waals surface area contributed by atoms with Crippen molar-refractivity contribution in [1.82, 2.24) is 9.88 Å². The number of halogens is 1. The number of morpholine rings is 1. The zero-order chi connectivity index (χ0) is 12.1. The fraction of sp³-hybridized carbons (Fsp3) is 0.583. The van der Waals surface area contributed by atoms with Gasteiger partial charge >= 0.3 is 0 Å². The zero-order valence-electron chi connectivity index (χ0n) is 10.0. The minimum absolute atomic E-state index is 0.355. The molecule has 1 aliphatic rings. The van der Waals surface area contributed by atoms with Gasteiger partial charge in [-0.2, -0.15) is 0 Å². The molecule has 0 spiro atoms. The Balaban J connectivity index is 1.84. The first kappa shape index (κ1) is 12.6. The van der Waals surface area contributed by atoms with Gasteiger partial charge in [0.1, 0.15) is 0 Å². The van der Waals surface area contributed by atoms with E-state index in [9.17, 15) is 0 Å². The van der Waals surface area contributed by atoms with E-state index in [1.54, 1.807) is 12.4 Å². The maximum Gasteiger partial charge on any atom is 0.0820 e. The summed E-state index contributed by atoms with van der Waals surface area (Å²) < 4.78 is 5.33. The molecule has 4 nitrogen and oxygen atoms in total. The summed E-state index contributed by atoms with van der Waals surface area (Å²) in [6, 6.07) is 2.26. The number of nitrogens with one attached hydrogen (secondary N) is 1. The first-order chi connectivity index (χ1) is 8.25. The SMILES string of the molecule is CC(CN1CCOCC1)Nc1ccncc1Cl. The van der Waals surface area contributed by atoms with Gasteiger partial charge in [-0.1, -0.05) is 11.6 Å². The molecule has 0 radical (unpaired) electrons. The third kappa shape index (κ3) is 3.84. The molecule has 1 unspecified atom stereocenters. The minimum atomic E-state index is 0.355. The minimum Gasteiger partial charge on any atom is -0.380 e. The van der Waals surface area contributed by atoms with Gasteiger partial charge in [0.15, 0.2) is 0 Å². The standard InChI is InChI=1S/C12H18ClN3O/c1-10(9-16-4-6-17-7-5-16)15-12-2-3-14-8-11(12)13/h2-3,8,10H,4-7,9H2,1H3,(H,14,15). The lowest BCUT2D eigenvalue weighted by Gasteiger charge is -2.29. The summed E-state index contributed by atoms with van der Waals surface area (Å²) in [5, 5.41) is 4.07. The van der Waals surface area contributed by atoms with Crippen LogP contribution in [0.2, 0.25) is 5.02 Å². The summed E-state index contributed by atoms with van der Waals surface area (Å²) in [7, 11) is 0. The second-order valence-corrected chi connectivity index (χ2v) is 4.72. The molecule has 1 aliphatic heterocycles. The average Bonchev–Trinajstić information content (AvgIpc) is 2.33. The number of rotatable bonds is 4. The van der Waals surface area contributed by atoms with Crippen molar-refractivity contribution in [3.63, 3.8) is 0 Å². The molecule has 0 amide bonds. The number of pyridine rings is 1. The predicted molar refractivity (Wildman–Crippen MR) is 69.6 cm³/mol. The molecule has 2 rings (SSSR count). The Labute approximate surface area is 107 Å². The van der Waals surface area contributed by atoms with Crippen molar-refractivity contribution in [2.45, 2.75) is 13.0 Å². The van der Waals surface area contributed by atoms with Gasteiger partial charge in [0.05, 0.1) is 23.9 Å². The van der Waals surface area contributed by atoms with Gasteiger partial charge < -0.3 is 10.1 Å². The van der Waals surface area contributed by atoms with Crippen molar-refractivity contribution in [1.29, 1.82) is 0 Å². The van der Waals surface area contributed by atoms with Gasteiger partial charge in [0.25, 0.3) is 0 Å². The van der Waals surface area contributed by atoms with E-state index in [0.29, 0.717) is 11.1 Å². The number of hydrogen-bond acceptors (Lipinski definition) is 4. The molecule has 0 saturated carbocycles. The maximum absolute atomic E-state index is 6.05. The number of nitrogens with zero attached hydrogens (tertiary/aromatic N) is 2. The van der Waals surface area contributed by atoms with Gasteiger partial charge in [-0.3, -0.25) is 9.88 Å². The van der Waals surface area contributed by atoms with E-state index >= 15 is 0 Å². The smallest absolute Gasteiger partial charge is 0.0820 e. The molecule has 17 heavy (non-hydrogen) atoms. The van der Waals surface area contributed by atoms with Crippen molar-refractivity contribution in [3.8, 4) is 0 Å². The average molecular weight is 256 g/mol. The van der Waals surface area contributed by atoms with Gasteiger partial charge in [-0.05, 0) is 13.0 Å².